The van der Waals surface area contributed by atoms with Crippen LogP contribution in [0.3, 0.4) is 0 Å². The van der Waals surface area contributed by atoms with Crippen molar-refractivity contribution in [3.8, 4) is 11.3 Å². The van der Waals surface area contributed by atoms with E-state index in [0.717, 1.165) is 6.42 Å². The Labute approximate surface area is 132 Å². The number of nitro benzene ring substituents is 1. The van der Waals surface area contributed by atoms with Crippen molar-refractivity contribution in [2.75, 3.05) is 5.73 Å². The molecule has 3 N–H and O–H groups in total. The maximum atomic E-state index is 12.2. The molecule has 1 aromatic heterocycles. The van der Waals surface area contributed by atoms with Gasteiger partial charge in [0.05, 0.1) is 16.8 Å². The molecule has 1 unspecified atom stereocenters. The Balaban J connectivity index is 2.39. The average molecular weight is 315 g/mol. The number of nitrogens with one attached hydrogen (secondary N) is 1. The van der Waals surface area contributed by atoms with Gasteiger partial charge in [-0.05, 0) is 13.3 Å². The van der Waals surface area contributed by atoms with Crippen molar-refractivity contribution < 1.29 is 9.72 Å². The third-order valence-corrected chi connectivity index (χ3v) is 3.36. The van der Waals surface area contributed by atoms with Crippen molar-refractivity contribution in [3.05, 3.63) is 46.3 Å². The van der Waals surface area contributed by atoms with Crippen molar-refractivity contribution in [2.24, 2.45) is 0 Å². The van der Waals surface area contributed by atoms with E-state index in [0.29, 0.717) is 11.3 Å². The minimum absolute atomic E-state index is 0.00862. The van der Waals surface area contributed by atoms with Gasteiger partial charge in [-0.15, -0.1) is 0 Å². The first-order chi connectivity index (χ1) is 10.9. The van der Waals surface area contributed by atoms with Crippen LogP contribution < -0.4 is 11.1 Å². The van der Waals surface area contributed by atoms with Crippen LogP contribution in [0.1, 0.15) is 30.8 Å². The van der Waals surface area contributed by atoms with E-state index in [-0.39, 0.29) is 23.2 Å². The molecule has 8 nitrogen and oxygen atoms in total. The molecule has 2 rings (SSSR count). The normalized spacial score (nSPS) is 11.7. The molecular formula is C15H17N5O3. The molecule has 8 heteroatoms. The predicted molar refractivity (Wildman–Crippen MR) is 85.8 cm³/mol. The standard InChI is InChI=1S/C15H17N5O3/c1-3-9(2)18-15(21)13-14(16)17-8-12(19-13)10-5-4-6-11(7-10)20(22)23/h4-9H,3H2,1-2H3,(H2,16,17)(H,18,21). The molecule has 0 radical (unpaired) electrons. The third-order valence-electron chi connectivity index (χ3n) is 3.36. The number of nitro groups is 1. The molecule has 0 fully saturated rings. The highest BCUT2D eigenvalue weighted by Crippen LogP contribution is 2.23. The summed E-state index contributed by atoms with van der Waals surface area (Å²) in [4.78, 5) is 30.7. The molecule has 0 aliphatic heterocycles. The van der Waals surface area contributed by atoms with Crippen LogP contribution >= 0.6 is 0 Å². The number of nitrogens with two attached hydrogens (primary N) is 1. The van der Waals surface area contributed by atoms with Gasteiger partial charge in [0.25, 0.3) is 11.6 Å². The second kappa shape index (κ2) is 6.82. The Morgan fingerprint density at radius 2 is 2.22 bits per heavy atom. The number of benzene rings is 1. The van der Waals surface area contributed by atoms with Crippen LogP contribution in [0.15, 0.2) is 30.5 Å². The van der Waals surface area contributed by atoms with Gasteiger partial charge >= 0.3 is 0 Å². The van der Waals surface area contributed by atoms with Crippen LogP contribution in [0.25, 0.3) is 11.3 Å². The number of amides is 1. The van der Waals surface area contributed by atoms with Crippen molar-refractivity contribution in [2.45, 2.75) is 26.3 Å². The molecule has 0 spiro atoms. The van der Waals surface area contributed by atoms with Gasteiger partial charge in [-0.1, -0.05) is 19.1 Å². The Bertz CT molecular complexity index is 748. The fourth-order valence-electron chi connectivity index (χ4n) is 1.88. The summed E-state index contributed by atoms with van der Waals surface area (Å²) < 4.78 is 0. The summed E-state index contributed by atoms with van der Waals surface area (Å²) in [6.07, 6.45) is 2.15. The van der Waals surface area contributed by atoms with Crippen molar-refractivity contribution >= 4 is 17.4 Å². The lowest BCUT2D eigenvalue weighted by Crippen LogP contribution is -2.33. The number of hydrogen-bond acceptors (Lipinski definition) is 6. The first-order valence-corrected chi connectivity index (χ1v) is 7.10. The molecule has 1 amide bonds. The van der Waals surface area contributed by atoms with Gasteiger partial charge in [0, 0.05) is 23.7 Å². The van der Waals surface area contributed by atoms with Crippen molar-refractivity contribution in [1.29, 1.82) is 0 Å². The van der Waals surface area contributed by atoms with Crippen LogP contribution in [0.4, 0.5) is 11.5 Å². The molecule has 2 aromatic rings. The highest BCUT2D eigenvalue weighted by Gasteiger charge is 2.17. The second-order valence-electron chi connectivity index (χ2n) is 5.08. The number of anilines is 1. The van der Waals surface area contributed by atoms with Crippen LogP contribution in [-0.2, 0) is 0 Å². The quantitative estimate of drug-likeness (QED) is 0.643. The molecular weight excluding hydrogens is 298 g/mol. The number of carbonyl (C=O) groups is 1. The molecule has 0 aliphatic carbocycles. The predicted octanol–water partition coefficient (Wildman–Crippen LogP) is 2.16. The number of non-ortho nitro benzene ring substituents is 1. The topological polar surface area (TPSA) is 124 Å². The van der Waals surface area contributed by atoms with E-state index in [2.05, 4.69) is 15.3 Å². The smallest absolute Gasteiger partial charge is 0.273 e. The highest BCUT2D eigenvalue weighted by molar-refractivity contribution is 5.97. The number of hydrogen-bond donors (Lipinski definition) is 2. The summed E-state index contributed by atoms with van der Waals surface area (Å²) in [6, 6.07) is 5.93. The molecule has 120 valence electrons. The van der Waals surface area contributed by atoms with Gasteiger partial charge in [0.1, 0.15) is 0 Å². The number of nitrogen functional groups attached to an aromatic ring is 1. The van der Waals surface area contributed by atoms with E-state index in [1.165, 1.54) is 18.3 Å². The summed E-state index contributed by atoms with van der Waals surface area (Å²) in [5.41, 5.74) is 6.50. The molecule has 1 heterocycles. The van der Waals surface area contributed by atoms with Gasteiger partial charge in [0.15, 0.2) is 11.5 Å². The fraction of sp³-hybridized carbons (Fsp3) is 0.267. The van der Waals surface area contributed by atoms with E-state index >= 15 is 0 Å². The number of aromatic nitrogens is 2. The molecule has 23 heavy (non-hydrogen) atoms. The summed E-state index contributed by atoms with van der Waals surface area (Å²) >= 11 is 0. The van der Waals surface area contributed by atoms with Gasteiger partial charge < -0.3 is 11.1 Å². The zero-order valence-electron chi connectivity index (χ0n) is 12.8. The van der Waals surface area contributed by atoms with Crippen LogP contribution in [0.2, 0.25) is 0 Å². The SMILES string of the molecule is CCC(C)NC(=O)c1nc(-c2cccc([N+](=O)[O-])c2)cnc1N. The van der Waals surface area contributed by atoms with Gasteiger partial charge in [-0.2, -0.15) is 0 Å². The van der Waals surface area contributed by atoms with Crippen molar-refractivity contribution in [3.63, 3.8) is 0 Å². The number of rotatable bonds is 5. The van der Waals surface area contributed by atoms with Gasteiger partial charge in [-0.25, -0.2) is 9.97 Å². The first-order valence-electron chi connectivity index (χ1n) is 7.10. The fourth-order valence-corrected chi connectivity index (χ4v) is 1.88. The molecule has 0 saturated carbocycles. The monoisotopic (exact) mass is 315 g/mol. The molecule has 0 aliphatic rings. The molecule has 0 bridgehead atoms. The van der Waals surface area contributed by atoms with Crippen LogP contribution in [0.5, 0.6) is 0 Å². The zero-order valence-corrected chi connectivity index (χ0v) is 12.8. The summed E-state index contributed by atoms with van der Waals surface area (Å²) in [6.45, 7) is 3.81. The summed E-state index contributed by atoms with van der Waals surface area (Å²) in [5, 5.41) is 13.6. The minimum atomic E-state index is -0.495. The zero-order chi connectivity index (χ0) is 17.0. The lowest BCUT2D eigenvalue weighted by molar-refractivity contribution is -0.384. The lowest BCUT2D eigenvalue weighted by Gasteiger charge is -2.12. The molecule has 0 saturated heterocycles. The number of carbonyl (C=O) groups excluding carboxylic acids is 1. The third kappa shape index (κ3) is 3.79. The van der Waals surface area contributed by atoms with Crippen molar-refractivity contribution in [1.82, 2.24) is 15.3 Å². The Hall–Kier alpha value is -3.03. The van der Waals surface area contributed by atoms with Crippen LogP contribution in [0, 0.1) is 10.1 Å². The summed E-state index contributed by atoms with van der Waals surface area (Å²) in [7, 11) is 0. The maximum absolute atomic E-state index is 12.2. The van der Waals surface area contributed by atoms with Gasteiger partial charge in [-0.3, -0.25) is 14.9 Å². The van der Waals surface area contributed by atoms with Crippen LogP contribution in [-0.4, -0.2) is 26.8 Å². The molecule has 1 aromatic carbocycles. The second-order valence-corrected chi connectivity index (χ2v) is 5.08. The minimum Gasteiger partial charge on any atom is -0.382 e. The lowest BCUT2D eigenvalue weighted by atomic mass is 10.1. The summed E-state index contributed by atoms with van der Waals surface area (Å²) in [5.74, 6) is -0.406. The maximum Gasteiger partial charge on any atom is 0.273 e. The Morgan fingerprint density at radius 1 is 1.48 bits per heavy atom. The van der Waals surface area contributed by atoms with Gasteiger partial charge in [0.2, 0.25) is 0 Å². The van der Waals surface area contributed by atoms with E-state index in [1.807, 2.05) is 13.8 Å². The average Bonchev–Trinajstić information content (AvgIpc) is 2.55. The van der Waals surface area contributed by atoms with E-state index in [9.17, 15) is 14.9 Å². The first kappa shape index (κ1) is 16.3. The van der Waals surface area contributed by atoms with E-state index in [1.54, 1.807) is 12.1 Å². The van der Waals surface area contributed by atoms with E-state index in [4.69, 9.17) is 5.73 Å². The Morgan fingerprint density at radius 3 is 2.87 bits per heavy atom. The number of nitrogens with zero attached hydrogens (tertiary/aromatic N) is 3. The highest BCUT2D eigenvalue weighted by atomic mass is 16.6. The van der Waals surface area contributed by atoms with E-state index < -0.39 is 10.8 Å². The largest absolute Gasteiger partial charge is 0.382 e. The molecule has 1 atom stereocenters. The Kier molecular flexibility index (Phi) is 4.85.